The summed E-state index contributed by atoms with van der Waals surface area (Å²) in [5, 5.41) is 2.69. The molecule has 0 saturated carbocycles. The summed E-state index contributed by atoms with van der Waals surface area (Å²) in [6.45, 7) is 3.51. The first-order valence-electron chi connectivity index (χ1n) is 8.21. The van der Waals surface area contributed by atoms with Crippen LogP contribution < -0.4 is 14.8 Å². The summed E-state index contributed by atoms with van der Waals surface area (Å²) < 4.78 is 15.6. The Morgan fingerprint density at radius 2 is 1.65 bits per heavy atom. The lowest BCUT2D eigenvalue weighted by Gasteiger charge is -2.15. The average Bonchev–Trinajstić information content (AvgIpc) is 2.63. The highest BCUT2D eigenvalue weighted by atomic mass is 16.5. The zero-order valence-corrected chi connectivity index (χ0v) is 15.4. The van der Waals surface area contributed by atoms with Crippen molar-refractivity contribution in [1.29, 1.82) is 0 Å². The number of rotatable bonds is 7. The summed E-state index contributed by atoms with van der Waals surface area (Å²) in [6.07, 6.45) is -0.796. The van der Waals surface area contributed by atoms with Crippen LogP contribution in [0.3, 0.4) is 0 Å². The number of carbonyl (C=O) groups excluding carboxylic acids is 2. The van der Waals surface area contributed by atoms with Crippen molar-refractivity contribution < 1.29 is 23.8 Å². The number of nitrogens with one attached hydrogen (secondary N) is 1. The normalized spacial score (nSPS) is 11.4. The average molecular weight is 357 g/mol. The lowest BCUT2D eigenvalue weighted by molar-refractivity contribution is -0.152. The predicted molar refractivity (Wildman–Crippen MR) is 98.6 cm³/mol. The molecule has 0 aliphatic rings. The Hall–Kier alpha value is -3.02. The maximum absolute atomic E-state index is 12.2. The van der Waals surface area contributed by atoms with E-state index in [0.717, 1.165) is 11.1 Å². The van der Waals surface area contributed by atoms with Gasteiger partial charge in [0.05, 0.1) is 20.6 Å². The fraction of sp³-hybridized carbons (Fsp3) is 0.300. The second kappa shape index (κ2) is 8.89. The van der Waals surface area contributed by atoms with E-state index in [1.54, 1.807) is 18.2 Å². The molecule has 1 atom stereocenters. The number of ether oxygens (including phenoxy) is 3. The lowest BCUT2D eigenvalue weighted by Crippen LogP contribution is -2.30. The van der Waals surface area contributed by atoms with Crippen LogP contribution in [0.25, 0.3) is 0 Å². The third-order valence-electron chi connectivity index (χ3n) is 3.80. The molecule has 0 radical (unpaired) electrons. The SMILES string of the molecule is COc1ccc(NC(=O)[C@H](C)OC(=O)Cc2ccc(C)cc2)cc1OC. The number of hydrogen-bond donors (Lipinski definition) is 1. The molecule has 2 aromatic carbocycles. The molecule has 138 valence electrons. The van der Waals surface area contributed by atoms with Gasteiger partial charge < -0.3 is 19.5 Å². The van der Waals surface area contributed by atoms with Crippen LogP contribution >= 0.6 is 0 Å². The number of methoxy groups -OCH3 is 2. The minimum absolute atomic E-state index is 0.119. The molecule has 6 nitrogen and oxygen atoms in total. The molecule has 0 aliphatic carbocycles. The molecule has 0 aromatic heterocycles. The van der Waals surface area contributed by atoms with Crippen molar-refractivity contribution in [3.05, 3.63) is 53.6 Å². The van der Waals surface area contributed by atoms with Crippen molar-refractivity contribution in [2.24, 2.45) is 0 Å². The van der Waals surface area contributed by atoms with Gasteiger partial charge >= 0.3 is 5.97 Å². The summed E-state index contributed by atoms with van der Waals surface area (Å²) >= 11 is 0. The van der Waals surface area contributed by atoms with Gasteiger partial charge in [-0.2, -0.15) is 0 Å². The highest BCUT2D eigenvalue weighted by molar-refractivity contribution is 5.95. The third kappa shape index (κ3) is 5.24. The zero-order valence-electron chi connectivity index (χ0n) is 15.4. The third-order valence-corrected chi connectivity index (χ3v) is 3.80. The molecule has 0 fully saturated rings. The first-order chi connectivity index (χ1) is 12.4. The van der Waals surface area contributed by atoms with Gasteiger partial charge in [0.1, 0.15) is 0 Å². The molecular weight excluding hydrogens is 334 g/mol. The van der Waals surface area contributed by atoms with Crippen LogP contribution in [0.15, 0.2) is 42.5 Å². The highest BCUT2D eigenvalue weighted by Gasteiger charge is 2.18. The summed E-state index contributed by atoms with van der Waals surface area (Å²) in [4.78, 5) is 24.2. The Bertz CT molecular complexity index is 770. The van der Waals surface area contributed by atoms with Crippen LogP contribution in [0, 0.1) is 6.92 Å². The first kappa shape index (κ1) is 19.3. The standard InChI is InChI=1S/C20H23NO5/c1-13-5-7-15(8-6-13)11-19(22)26-14(2)20(23)21-16-9-10-17(24-3)18(12-16)25-4/h5-10,12,14H,11H2,1-4H3,(H,21,23)/t14-/m0/s1. The maximum Gasteiger partial charge on any atom is 0.311 e. The summed E-state index contributed by atoms with van der Waals surface area (Å²) in [6, 6.07) is 12.6. The number of esters is 1. The number of carbonyl (C=O) groups is 2. The molecule has 2 aromatic rings. The molecule has 0 unspecified atom stereocenters. The van der Waals surface area contributed by atoms with Gasteiger partial charge in [0, 0.05) is 11.8 Å². The number of amides is 1. The molecule has 6 heteroatoms. The second-order valence-electron chi connectivity index (χ2n) is 5.85. The van der Waals surface area contributed by atoms with Crippen LogP contribution in [0.1, 0.15) is 18.1 Å². The quantitative estimate of drug-likeness (QED) is 0.771. The summed E-state index contributed by atoms with van der Waals surface area (Å²) in [7, 11) is 3.05. The van der Waals surface area contributed by atoms with Crippen molar-refractivity contribution in [3.63, 3.8) is 0 Å². The van der Waals surface area contributed by atoms with E-state index in [1.165, 1.54) is 21.1 Å². The minimum atomic E-state index is -0.916. The lowest BCUT2D eigenvalue weighted by atomic mass is 10.1. The van der Waals surface area contributed by atoms with Gasteiger partial charge in [-0.3, -0.25) is 9.59 Å². The topological polar surface area (TPSA) is 73.9 Å². The number of anilines is 1. The van der Waals surface area contributed by atoms with Crippen molar-refractivity contribution >= 4 is 17.6 Å². The number of aryl methyl sites for hydroxylation is 1. The van der Waals surface area contributed by atoms with E-state index < -0.39 is 18.0 Å². The summed E-state index contributed by atoms with van der Waals surface area (Å²) in [5.74, 6) is 0.177. The van der Waals surface area contributed by atoms with Crippen molar-refractivity contribution in [3.8, 4) is 11.5 Å². The number of hydrogen-bond acceptors (Lipinski definition) is 5. The molecule has 1 amide bonds. The molecule has 0 bridgehead atoms. The molecule has 0 heterocycles. The molecule has 26 heavy (non-hydrogen) atoms. The van der Waals surface area contributed by atoms with E-state index in [1.807, 2.05) is 31.2 Å². The van der Waals surface area contributed by atoms with Gasteiger partial charge in [-0.05, 0) is 31.5 Å². The Morgan fingerprint density at radius 1 is 1.00 bits per heavy atom. The largest absolute Gasteiger partial charge is 0.493 e. The van der Waals surface area contributed by atoms with Gasteiger partial charge in [0.25, 0.3) is 5.91 Å². The van der Waals surface area contributed by atoms with Gasteiger partial charge in [-0.15, -0.1) is 0 Å². The Labute approximate surface area is 153 Å². The Balaban J connectivity index is 1.92. The van der Waals surface area contributed by atoms with Crippen LogP contribution in [0.5, 0.6) is 11.5 Å². The van der Waals surface area contributed by atoms with Gasteiger partial charge in [-0.1, -0.05) is 29.8 Å². The van der Waals surface area contributed by atoms with E-state index >= 15 is 0 Å². The fourth-order valence-electron chi connectivity index (χ4n) is 2.32. The summed E-state index contributed by atoms with van der Waals surface area (Å²) in [5.41, 5.74) is 2.48. The van der Waals surface area contributed by atoms with Gasteiger partial charge in [0.15, 0.2) is 17.6 Å². The van der Waals surface area contributed by atoms with E-state index in [2.05, 4.69) is 5.32 Å². The molecule has 0 spiro atoms. The zero-order chi connectivity index (χ0) is 19.1. The Morgan fingerprint density at radius 3 is 2.27 bits per heavy atom. The van der Waals surface area contributed by atoms with E-state index in [4.69, 9.17) is 14.2 Å². The van der Waals surface area contributed by atoms with Crippen LogP contribution in [-0.4, -0.2) is 32.2 Å². The predicted octanol–water partition coefficient (Wildman–Crippen LogP) is 3.13. The van der Waals surface area contributed by atoms with Crippen molar-refractivity contribution in [2.75, 3.05) is 19.5 Å². The van der Waals surface area contributed by atoms with Crippen LogP contribution in [0.2, 0.25) is 0 Å². The van der Waals surface area contributed by atoms with Crippen LogP contribution in [-0.2, 0) is 20.7 Å². The fourth-order valence-corrected chi connectivity index (χ4v) is 2.32. The van der Waals surface area contributed by atoms with Gasteiger partial charge in [0.2, 0.25) is 0 Å². The highest BCUT2D eigenvalue weighted by Crippen LogP contribution is 2.29. The van der Waals surface area contributed by atoms with Crippen molar-refractivity contribution in [2.45, 2.75) is 26.4 Å². The van der Waals surface area contributed by atoms with E-state index in [9.17, 15) is 9.59 Å². The minimum Gasteiger partial charge on any atom is -0.493 e. The van der Waals surface area contributed by atoms with E-state index in [-0.39, 0.29) is 6.42 Å². The Kier molecular flexibility index (Phi) is 6.60. The molecule has 2 rings (SSSR count). The smallest absolute Gasteiger partial charge is 0.311 e. The second-order valence-corrected chi connectivity index (χ2v) is 5.85. The monoisotopic (exact) mass is 357 g/mol. The first-order valence-corrected chi connectivity index (χ1v) is 8.21. The van der Waals surface area contributed by atoms with Crippen molar-refractivity contribution in [1.82, 2.24) is 0 Å². The number of benzene rings is 2. The molecule has 1 N–H and O–H groups in total. The molecule has 0 saturated heterocycles. The maximum atomic E-state index is 12.2. The van der Waals surface area contributed by atoms with Gasteiger partial charge in [-0.25, -0.2) is 0 Å². The van der Waals surface area contributed by atoms with Crippen LogP contribution in [0.4, 0.5) is 5.69 Å². The van der Waals surface area contributed by atoms with E-state index in [0.29, 0.717) is 17.2 Å². The molecular formula is C20H23NO5. The molecule has 0 aliphatic heterocycles.